The summed E-state index contributed by atoms with van der Waals surface area (Å²) >= 11 is 1.46. The number of rotatable bonds is 5. The van der Waals surface area contributed by atoms with Crippen LogP contribution in [0.15, 0.2) is 18.2 Å². The minimum Gasteiger partial charge on any atom is -0.486 e. The summed E-state index contributed by atoms with van der Waals surface area (Å²) in [7, 11) is 0. The van der Waals surface area contributed by atoms with Crippen LogP contribution in [0.25, 0.3) is 0 Å². The number of nitrogens with zero attached hydrogens (tertiary/aromatic N) is 4. The Morgan fingerprint density at radius 1 is 1.12 bits per heavy atom. The Hall–Kier alpha value is -2.88. The lowest BCUT2D eigenvalue weighted by Crippen LogP contribution is -2.41. The number of piperidine rings is 1. The summed E-state index contributed by atoms with van der Waals surface area (Å²) in [5.41, 5.74) is 0.998. The number of nitrogens with one attached hydrogen (secondary N) is 1. The van der Waals surface area contributed by atoms with Gasteiger partial charge in [0.25, 0.3) is 0 Å². The number of benzene rings is 1. The first-order valence-corrected chi connectivity index (χ1v) is 12.0. The van der Waals surface area contributed by atoms with Gasteiger partial charge in [-0.3, -0.25) is 14.5 Å². The third kappa shape index (κ3) is 4.23. The monoisotopic (exact) mass is 457 g/mol. The summed E-state index contributed by atoms with van der Waals surface area (Å²) in [6.07, 6.45) is 2.98. The summed E-state index contributed by atoms with van der Waals surface area (Å²) in [6, 6.07) is 5.70. The molecule has 1 atom stereocenters. The molecule has 170 valence electrons. The normalized spacial score (nSPS) is 19.8. The fourth-order valence-electron chi connectivity index (χ4n) is 4.37. The zero-order valence-electron chi connectivity index (χ0n) is 18.1. The van der Waals surface area contributed by atoms with Gasteiger partial charge in [0.15, 0.2) is 11.5 Å². The van der Waals surface area contributed by atoms with Crippen LogP contribution in [0.4, 0.5) is 10.3 Å². The molecule has 9 nitrogen and oxygen atoms in total. The molecule has 0 saturated carbocycles. The average molecular weight is 458 g/mol. The minimum atomic E-state index is -0.111. The molecular weight excluding hydrogens is 430 g/mol. The lowest BCUT2D eigenvalue weighted by Gasteiger charge is -2.31. The van der Waals surface area contributed by atoms with E-state index in [4.69, 9.17) is 9.47 Å². The zero-order valence-corrected chi connectivity index (χ0v) is 18.9. The fraction of sp³-hybridized carbons (Fsp3) is 0.545. The van der Waals surface area contributed by atoms with E-state index < -0.39 is 0 Å². The molecule has 1 N–H and O–H groups in total. The Labute approximate surface area is 190 Å². The molecule has 0 aliphatic carbocycles. The van der Waals surface area contributed by atoms with E-state index in [2.05, 4.69) is 20.4 Å². The molecule has 0 unspecified atom stereocenters. The van der Waals surface area contributed by atoms with E-state index in [9.17, 15) is 9.59 Å². The maximum Gasteiger partial charge on any atom is 0.228 e. The van der Waals surface area contributed by atoms with E-state index in [1.165, 1.54) is 11.3 Å². The van der Waals surface area contributed by atoms with Gasteiger partial charge in [-0.1, -0.05) is 17.4 Å². The molecule has 10 heteroatoms. The van der Waals surface area contributed by atoms with E-state index >= 15 is 0 Å². The molecule has 1 aromatic heterocycles. The molecule has 0 spiro atoms. The van der Waals surface area contributed by atoms with Crippen LogP contribution in [0.2, 0.25) is 0 Å². The van der Waals surface area contributed by atoms with Crippen LogP contribution in [-0.2, 0) is 9.59 Å². The highest BCUT2D eigenvalue weighted by Crippen LogP contribution is 2.34. The van der Waals surface area contributed by atoms with Crippen LogP contribution in [0.1, 0.15) is 44.2 Å². The third-order valence-corrected chi connectivity index (χ3v) is 7.28. The lowest BCUT2D eigenvalue weighted by atomic mass is 9.95. The fourth-order valence-corrected chi connectivity index (χ4v) is 5.31. The first-order chi connectivity index (χ1) is 15.6. The Morgan fingerprint density at radius 3 is 2.62 bits per heavy atom. The van der Waals surface area contributed by atoms with Crippen LogP contribution >= 0.6 is 11.3 Å². The quantitative estimate of drug-likeness (QED) is 0.737. The molecule has 5 rings (SSSR count). The topological polar surface area (TPSA) is 96.9 Å². The van der Waals surface area contributed by atoms with Crippen LogP contribution in [-0.4, -0.2) is 54.9 Å². The van der Waals surface area contributed by atoms with Crippen molar-refractivity contribution in [3.8, 4) is 11.5 Å². The molecule has 2 fully saturated rings. The molecule has 0 radical (unpaired) electrons. The number of ether oxygens (including phenoxy) is 2. The van der Waals surface area contributed by atoms with Crippen molar-refractivity contribution in [2.24, 2.45) is 5.92 Å². The number of carbonyl (C=O) groups excluding carboxylic acids is 2. The SMILES string of the molecule is C[C@H](NC(=O)C1CCN(c2nnc(N3CCCC3=O)s2)CC1)c1ccc2c(c1)OCCO2. The summed E-state index contributed by atoms with van der Waals surface area (Å²) < 4.78 is 11.2. The van der Waals surface area contributed by atoms with Crippen molar-refractivity contribution in [2.75, 3.05) is 42.6 Å². The molecule has 2 amide bonds. The summed E-state index contributed by atoms with van der Waals surface area (Å²) in [5.74, 6) is 1.65. The van der Waals surface area contributed by atoms with Gasteiger partial charge in [-0.25, -0.2) is 0 Å². The minimum absolute atomic E-state index is 0.0292. The van der Waals surface area contributed by atoms with Gasteiger partial charge in [0.05, 0.1) is 6.04 Å². The van der Waals surface area contributed by atoms with Gasteiger partial charge in [-0.15, -0.1) is 10.2 Å². The van der Waals surface area contributed by atoms with Crippen molar-refractivity contribution in [1.82, 2.24) is 15.5 Å². The second kappa shape index (κ2) is 8.93. The zero-order chi connectivity index (χ0) is 22.1. The second-order valence-electron chi connectivity index (χ2n) is 8.41. The number of amides is 2. The van der Waals surface area contributed by atoms with Gasteiger partial charge < -0.3 is 19.7 Å². The van der Waals surface area contributed by atoms with Gasteiger partial charge in [0.1, 0.15) is 13.2 Å². The van der Waals surface area contributed by atoms with Crippen molar-refractivity contribution >= 4 is 33.4 Å². The van der Waals surface area contributed by atoms with Gasteiger partial charge in [0.2, 0.25) is 22.1 Å². The standard InChI is InChI=1S/C22H27N5O4S/c1-14(16-4-5-17-18(13-16)31-12-11-30-17)23-20(29)15-6-9-26(10-7-15)21-24-25-22(32-21)27-8-2-3-19(27)28/h4-5,13-15H,2-3,6-12H2,1H3,(H,23,29)/t14-/m0/s1. The van der Waals surface area contributed by atoms with Crippen LogP contribution in [0.5, 0.6) is 11.5 Å². The maximum absolute atomic E-state index is 12.9. The molecule has 3 aliphatic rings. The van der Waals surface area contributed by atoms with Crippen LogP contribution in [0, 0.1) is 5.92 Å². The van der Waals surface area contributed by atoms with Crippen molar-refractivity contribution in [3.63, 3.8) is 0 Å². The lowest BCUT2D eigenvalue weighted by molar-refractivity contribution is -0.126. The number of hydrogen-bond acceptors (Lipinski definition) is 8. The molecule has 1 aromatic carbocycles. The van der Waals surface area contributed by atoms with Crippen LogP contribution < -0.4 is 24.6 Å². The molecule has 3 aliphatic heterocycles. The van der Waals surface area contributed by atoms with Gasteiger partial charge >= 0.3 is 0 Å². The number of hydrogen-bond donors (Lipinski definition) is 1. The van der Waals surface area contributed by atoms with E-state index in [1.54, 1.807) is 4.90 Å². The molecule has 32 heavy (non-hydrogen) atoms. The van der Waals surface area contributed by atoms with E-state index in [0.717, 1.165) is 61.1 Å². The Morgan fingerprint density at radius 2 is 1.88 bits per heavy atom. The van der Waals surface area contributed by atoms with Crippen molar-refractivity contribution in [1.29, 1.82) is 0 Å². The molecule has 4 heterocycles. The molecule has 0 bridgehead atoms. The van der Waals surface area contributed by atoms with Gasteiger partial charge in [-0.05, 0) is 43.9 Å². The van der Waals surface area contributed by atoms with Crippen molar-refractivity contribution in [2.45, 2.75) is 38.6 Å². The van der Waals surface area contributed by atoms with E-state index in [0.29, 0.717) is 24.8 Å². The highest BCUT2D eigenvalue weighted by Gasteiger charge is 2.30. The second-order valence-corrected chi connectivity index (χ2v) is 9.35. The number of aromatic nitrogens is 2. The first-order valence-electron chi connectivity index (χ1n) is 11.2. The number of carbonyl (C=O) groups is 2. The van der Waals surface area contributed by atoms with Gasteiger partial charge in [-0.2, -0.15) is 0 Å². The highest BCUT2D eigenvalue weighted by molar-refractivity contribution is 7.19. The Bertz CT molecular complexity index is 1000. The van der Waals surface area contributed by atoms with E-state index in [-0.39, 0.29) is 23.8 Å². The summed E-state index contributed by atoms with van der Waals surface area (Å²) in [4.78, 5) is 28.7. The third-order valence-electron chi connectivity index (χ3n) is 6.27. The predicted octanol–water partition coefficient (Wildman–Crippen LogP) is 2.53. The van der Waals surface area contributed by atoms with Crippen molar-refractivity contribution < 1.29 is 19.1 Å². The van der Waals surface area contributed by atoms with E-state index in [1.807, 2.05) is 25.1 Å². The number of anilines is 2. The number of fused-ring (bicyclic) bond motifs is 1. The molecule has 2 saturated heterocycles. The highest BCUT2D eigenvalue weighted by atomic mass is 32.1. The molecular formula is C22H27N5O4S. The Balaban J connectivity index is 1.14. The maximum atomic E-state index is 12.9. The summed E-state index contributed by atoms with van der Waals surface area (Å²) in [5, 5.41) is 13.2. The predicted molar refractivity (Wildman–Crippen MR) is 120 cm³/mol. The summed E-state index contributed by atoms with van der Waals surface area (Å²) in [6.45, 7) is 5.31. The average Bonchev–Trinajstić information content (AvgIpc) is 3.47. The molecule has 2 aromatic rings. The Kier molecular flexibility index (Phi) is 5.86. The van der Waals surface area contributed by atoms with Gasteiger partial charge in [0, 0.05) is 32.0 Å². The van der Waals surface area contributed by atoms with Crippen LogP contribution in [0.3, 0.4) is 0 Å². The first kappa shape index (κ1) is 21.0. The largest absolute Gasteiger partial charge is 0.486 e. The van der Waals surface area contributed by atoms with Crippen molar-refractivity contribution in [3.05, 3.63) is 23.8 Å². The smallest absolute Gasteiger partial charge is 0.228 e.